The van der Waals surface area contributed by atoms with Gasteiger partial charge in [0, 0.05) is 33.3 Å². The van der Waals surface area contributed by atoms with Crippen LogP contribution in [0.5, 0.6) is 0 Å². The van der Waals surface area contributed by atoms with Gasteiger partial charge in [0.2, 0.25) is 11.7 Å². The zero-order valence-electron chi connectivity index (χ0n) is 12.2. The number of hydrogen-bond donors (Lipinski definition) is 1. The molecule has 2 rings (SSSR count). The number of nitrogens with zero attached hydrogens (tertiary/aromatic N) is 4. The molecule has 8 nitrogen and oxygen atoms in total. The second kappa shape index (κ2) is 6.38. The van der Waals surface area contributed by atoms with Gasteiger partial charge in [-0.05, 0) is 18.9 Å². The van der Waals surface area contributed by atoms with Gasteiger partial charge in [0.25, 0.3) is 0 Å². The summed E-state index contributed by atoms with van der Waals surface area (Å²) in [6.07, 6.45) is 2.03. The number of hydrogen-bond acceptors (Lipinski definition) is 6. The van der Waals surface area contributed by atoms with E-state index < -0.39 is 4.92 Å². The van der Waals surface area contributed by atoms with Crippen molar-refractivity contribution in [2.45, 2.75) is 12.8 Å². The highest BCUT2D eigenvalue weighted by molar-refractivity contribution is 5.82. The first-order valence-corrected chi connectivity index (χ1v) is 6.85. The smallest absolute Gasteiger partial charge is 0.311 e. The largest absolute Gasteiger partial charge is 0.373 e. The normalized spacial score (nSPS) is 14.1. The van der Waals surface area contributed by atoms with Crippen molar-refractivity contribution in [2.75, 3.05) is 43.9 Å². The molecule has 1 aliphatic heterocycles. The van der Waals surface area contributed by atoms with Crippen molar-refractivity contribution in [3.05, 3.63) is 22.2 Å². The van der Waals surface area contributed by atoms with Crippen molar-refractivity contribution >= 4 is 23.2 Å². The molecule has 1 fully saturated rings. The molecule has 0 aromatic carbocycles. The number of aromatic nitrogens is 1. The number of pyridine rings is 1. The van der Waals surface area contributed by atoms with Crippen LogP contribution >= 0.6 is 0 Å². The Balaban J connectivity index is 2.18. The third kappa shape index (κ3) is 3.39. The van der Waals surface area contributed by atoms with E-state index in [1.54, 1.807) is 19.0 Å². The van der Waals surface area contributed by atoms with Crippen molar-refractivity contribution in [3.8, 4) is 0 Å². The highest BCUT2D eigenvalue weighted by Gasteiger charge is 2.24. The Morgan fingerprint density at radius 3 is 2.71 bits per heavy atom. The number of rotatable bonds is 5. The summed E-state index contributed by atoms with van der Waals surface area (Å²) in [7, 11) is 3.33. The fourth-order valence-electron chi connectivity index (χ4n) is 2.35. The summed E-state index contributed by atoms with van der Waals surface area (Å²) in [4.78, 5) is 30.2. The van der Waals surface area contributed by atoms with E-state index in [2.05, 4.69) is 10.3 Å². The number of carbonyl (C=O) groups is 1. The van der Waals surface area contributed by atoms with Gasteiger partial charge in [-0.15, -0.1) is 0 Å². The Labute approximate surface area is 122 Å². The topological polar surface area (TPSA) is 91.6 Å². The molecule has 2 heterocycles. The van der Waals surface area contributed by atoms with Crippen LogP contribution in [0.4, 0.5) is 17.3 Å². The average molecular weight is 293 g/mol. The van der Waals surface area contributed by atoms with Gasteiger partial charge in [-0.2, -0.15) is 0 Å². The number of nitrogens with one attached hydrogen (secondary N) is 1. The maximum absolute atomic E-state index is 12.1. The molecule has 1 amide bonds. The van der Waals surface area contributed by atoms with E-state index in [0.29, 0.717) is 5.82 Å². The molecule has 0 atom stereocenters. The van der Waals surface area contributed by atoms with Gasteiger partial charge in [-0.1, -0.05) is 0 Å². The van der Waals surface area contributed by atoms with Crippen molar-refractivity contribution in [3.63, 3.8) is 0 Å². The molecule has 0 bridgehead atoms. The lowest BCUT2D eigenvalue weighted by molar-refractivity contribution is -0.384. The Hall–Kier alpha value is -2.38. The lowest BCUT2D eigenvalue weighted by Crippen LogP contribution is -2.37. The van der Waals surface area contributed by atoms with Crippen LogP contribution < -0.4 is 10.2 Å². The molecule has 21 heavy (non-hydrogen) atoms. The molecule has 1 aliphatic rings. The minimum Gasteiger partial charge on any atom is -0.373 e. The SMILES string of the molecule is CNc1ccc([N+](=O)[O-])c(N(C)CC(=O)N2CCCC2)n1. The van der Waals surface area contributed by atoms with E-state index in [1.165, 1.54) is 17.0 Å². The van der Waals surface area contributed by atoms with Crippen molar-refractivity contribution in [1.82, 2.24) is 9.88 Å². The first-order chi connectivity index (χ1) is 10.0. The molecule has 1 N–H and O–H groups in total. The maximum Gasteiger partial charge on any atom is 0.311 e. The standard InChI is InChI=1S/C13H19N5O3/c1-14-11-6-5-10(18(20)21)13(15-11)16(2)9-12(19)17-7-3-4-8-17/h5-6H,3-4,7-9H2,1-2H3,(H,14,15). The molecule has 0 radical (unpaired) electrons. The first kappa shape index (κ1) is 15.0. The molecule has 114 valence electrons. The summed E-state index contributed by atoms with van der Waals surface area (Å²) in [5.74, 6) is 0.691. The number of likely N-dealkylation sites (N-methyl/N-ethyl adjacent to an activating group) is 1. The summed E-state index contributed by atoms with van der Waals surface area (Å²) in [6.45, 7) is 1.61. The monoisotopic (exact) mass is 293 g/mol. The molecule has 0 saturated carbocycles. The molecule has 8 heteroatoms. The Bertz CT molecular complexity index is 543. The lowest BCUT2D eigenvalue weighted by atomic mass is 10.3. The van der Waals surface area contributed by atoms with Crippen LogP contribution in [0.3, 0.4) is 0 Å². The minimum atomic E-state index is -0.487. The zero-order valence-corrected chi connectivity index (χ0v) is 12.2. The molecule has 0 aliphatic carbocycles. The Morgan fingerprint density at radius 2 is 2.14 bits per heavy atom. The van der Waals surface area contributed by atoms with E-state index in [4.69, 9.17) is 0 Å². The molecule has 0 unspecified atom stereocenters. The minimum absolute atomic E-state index is 0.0269. The van der Waals surface area contributed by atoms with Crippen molar-refractivity contribution in [2.24, 2.45) is 0 Å². The number of carbonyl (C=O) groups excluding carboxylic acids is 1. The van der Waals surface area contributed by atoms with E-state index in [-0.39, 0.29) is 24.0 Å². The van der Waals surface area contributed by atoms with Gasteiger partial charge in [0.1, 0.15) is 5.82 Å². The summed E-state index contributed by atoms with van der Waals surface area (Å²) in [6, 6.07) is 2.93. The molecule has 0 spiro atoms. The fraction of sp³-hybridized carbons (Fsp3) is 0.538. The third-order valence-corrected chi connectivity index (χ3v) is 3.50. The predicted octanol–water partition coefficient (Wildman–Crippen LogP) is 1.09. The van der Waals surface area contributed by atoms with Crippen LogP contribution in [0, 0.1) is 10.1 Å². The van der Waals surface area contributed by atoms with Gasteiger partial charge in [0.15, 0.2) is 0 Å². The van der Waals surface area contributed by atoms with Crippen molar-refractivity contribution < 1.29 is 9.72 Å². The van der Waals surface area contributed by atoms with Crippen LogP contribution in [-0.4, -0.2) is 54.4 Å². The van der Waals surface area contributed by atoms with Crippen LogP contribution in [0.2, 0.25) is 0 Å². The fourth-order valence-corrected chi connectivity index (χ4v) is 2.35. The van der Waals surface area contributed by atoms with Gasteiger partial charge in [-0.3, -0.25) is 14.9 Å². The highest BCUT2D eigenvalue weighted by atomic mass is 16.6. The van der Waals surface area contributed by atoms with Crippen LogP contribution in [0.1, 0.15) is 12.8 Å². The Kier molecular flexibility index (Phi) is 4.56. The van der Waals surface area contributed by atoms with Gasteiger partial charge >= 0.3 is 5.69 Å². The highest BCUT2D eigenvalue weighted by Crippen LogP contribution is 2.26. The summed E-state index contributed by atoms with van der Waals surface area (Å²) in [5, 5.41) is 13.9. The molecule has 1 aromatic rings. The van der Waals surface area contributed by atoms with E-state index in [9.17, 15) is 14.9 Å². The number of nitro groups is 1. The number of amides is 1. The van der Waals surface area contributed by atoms with Gasteiger partial charge < -0.3 is 15.1 Å². The lowest BCUT2D eigenvalue weighted by Gasteiger charge is -2.22. The quantitative estimate of drug-likeness (QED) is 0.645. The summed E-state index contributed by atoms with van der Waals surface area (Å²) >= 11 is 0. The third-order valence-electron chi connectivity index (χ3n) is 3.50. The van der Waals surface area contributed by atoms with Gasteiger partial charge in [0.05, 0.1) is 11.5 Å². The summed E-state index contributed by atoms with van der Waals surface area (Å²) < 4.78 is 0. The predicted molar refractivity (Wildman–Crippen MR) is 79.5 cm³/mol. The van der Waals surface area contributed by atoms with Crippen LogP contribution in [-0.2, 0) is 4.79 Å². The zero-order chi connectivity index (χ0) is 15.4. The van der Waals surface area contributed by atoms with Gasteiger partial charge in [-0.25, -0.2) is 4.98 Å². The second-order valence-electron chi connectivity index (χ2n) is 4.99. The van der Waals surface area contributed by atoms with Crippen LogP contribution in [0.25, 0.3) is 0 Å². The summed E-state index contributed by atoms with van der Waals surface area (Å²) in [5.41, 5.74) is -0.106. The molecular weight excluding hydrogens is 274 g/mol. The average Bonchev–Trinajstić information content (AvgIpc) is 3.00. The number of anilines is 2. The van der Waals surface area contributed by atoms with Crippen LogP contribution in [0.15, 0.2) is 12.1 Å². The van der Waals surface area contributed by atoms with E-state index in [1.807, 2.05) is 0 Å². The van der Waals surface area contributed by atoms with E-state index >= 15 is 0 Å². The van der Waals surface area contributed by atoms with E-state index in [0.717, 1.165) is 25.9 Å². The first-order valence-electron chi connectivity index (χ1n) is 6.85. The maximum atomic E-state index is 12.1. The molecule has 1 aromatic heterocycles. The molecular formula is C13H19N5O3. The number of likely N-dealkylation sites (tertiary alicyclic amines) is 1. The Morgan fingerprint density at radius 1 is 1.48 bits per heavy atom. The second-order valence-corrected chi connectivity index (χ2v) is 4.99. The van der Waals surface area contributed by atoms with Crippen molar-refractivity contribution in [1.29, 1.82) is 0 Å². The molecule has 1 saturated heterocycles.